The second-order valence-electron chi connectivity index (χ2n) is 7.05. The van der Waals surface area contributed by atoms with Crippen LogP contribution < -0.4 is 25.0 Å². The monoisotopic (exact) mass is 420 g/mol. The molecule has 160 valence electrons. The molecule has 0 fully saturated rings. The molecule has 3 aromatic rings. The highest BCUT2D eigenvalue weighted by atomic mass is 16.5. The number of para-hydroxylation sites is 3. The lowest BCUT2D eigenvalue weighted by atomic mass is 10.2. The van der Waals surface area contributed by atoms with Crippen molar-refractivity contribution in [3.05, 3.63) is 78.9 Å². The van der Waals surface area contributed by atoms with E-state index >= 15 is 0 Å². The molecule has 0 saturated carbocycles. The van der Waals surface area contributed by atoms with E-state index in [0.717, 1.165) is 4.90 Å². The zero-order valence-corrected chi connectivity index (χ0v) is 17.6. The minimum absolute atomic E-state index is 0.130. The van der Waals surface area contributed by atoms with E-state index in [1.165, 1.54) is 0 Å². The van der Waals surface area contributed by atoms with Crippen LogP contribution in [0.3, 0.4) is 0 Å². The van der Waals surface area contributed by atoms with Crippen molar-refractivity contribution < 1.29 is 24.0 Å². The fraction of sp³-hybridized carbons (Fsp3) is 0.167. The summed E-state index contributed by atoms with van der Waals surface area (Å²) >= 11 is 0. The van der Waals surface area contributed by atoms with E-state index in [0.29, 0.717) is 28.6 Å². The Kier molecular flexibility index (Phi) is 7.61. The third-order valence-electron chi connectivity index (χ3n) is 4.41. The van der Waals surface area contributed by atoms with Gasteiger partial charge in [-0.2, -0.15) is 0 Å². The number of quaternary nitrogens is 1. The van der Waals surface area contributed by atoms with Gasteiger partial charge in [0, 0.05) is 11.8 Å². The van der Waals surface area contributed by atoms with Gasteiger partial charge in [0.25, 0.3) is 11.8 Å². The Morgan fingerprint density at radius 1 is 0.806 bits per heavy atom. The molecular weight excluding hydrogens is 394 g/mol. The van der Waals surface area contributed by atoms with E-state index in [-0.39, 0.29) is 24.9 Å². The molecule has 3 aromatic carbocycles. The Morgan fingerprint density at radius 2 is 1.45 bits per heavy atom. The van der Waals surface area contributed by atoms with Gasteiger partial charge in [-0.25, -0.2) is 0 Å². The van der Waals surface area contributed by atoms with Gasteiger partial charge in [-0.1, -0.05) is 36.4 Å². The molecule has 0 bridgehead atoms. The van der Waals surface area contributed by atoms with Crippen LogP contribution in [0.25, 0.3) is 0 Å². The van der Waals surface area contributed by atoms with Crippen molar-refractivity contribution in [1.82, 2.24) is 0 Å². The summed E-state index contributed by atoms with van der Waals surface area (Å²) in [4.78, 5) is 25.6. The summed E-state index contributed by atoms with van der Waals surface area (Å²) in [6.07, 6.45) is 0. The summed E-state index contributed by atoms with van der Waals surface area (Å²) in [6, 6.07) is 23.7. The van der Waals surface area contributed by atoms with Crippen molar-refractivity contribution in [2.24, 2.45) is 0 Å². The van der Waals surface area contributed by atoms with Crippen LogP contribution in [-0.4, -0.2) is 39.1 Å². The fourth-order valence-corrected chi connectivity index (χ4v) is 2.99. The summed E-state index contributed by atoms with van der Waals surface area (Å²) < 4.78 is 11.0. The molecule has 1 atom stereocenters. The van der Waals surface area contributed by atoms with Crippen LogP contribution in [0.1, 0.15) is 0 Å². The highest BCUT2D eigenvalue weighted by Gasteiger charge is 2.16. The summed E-state index contributed by atoms with van der Waals surface area (Å²) in [6.45, 7) is 0.276. The maximum absolute atomic E-state index is 12.5. The predicted molar refractivity (Wildman–Crippen MR) is 120 cm³/mol. The van der Waals surface area contributed by atoms with Crippen molar-refractivity contribution in [2.75, 3.05) is 37.9 Å². The number of amides is 2. The van der Waals surface area contributed by atoms with Crippen molar-refractivity contribution in [1.29, 1.82) is 0 Å². The number of hydrogen-bond donors (Lipinski definition) is 3. The molecule has 0 aromatic heterocycles. The van der Waals surface area contributed by atoms with Crippen LogP contribution in [0, 0.1) is 0 Å². The zero-order chi connectivity index (χ0) is 22.1. The van der Waals surface area contributed by atoms with Crippen LogP contribution in [-0.2, 0) is 9.59 Å². The first-order valence-corrected chi connectivity index (χ1v) is 9.90. The lowest BCUT2D eigenvalue weighted by molar-refractivity contribution is -0.862. The number of benzene rings is 3. The second kappa shape index (κ2) is 10.8. The average molecular weight is 420 g/mol. The smallest absolute Gasteiger partial charge is 0.279 e. The number of anilines is 2. The van der Waals surface area contributed by atoms with Gasteiger partial charge in [0.05, 0.1) is 19.8 Å². The second-order valence-corrected chi connectivity index (χ2v) is 7.05. The number of methoxy groups -OCH3 is 1. The van der Waals surface area contributed by atoms with Gasteiger partial charge in [-0.15, -0.1) is 0 Å². The number of ether oxygens (including phenoxy) is 2. The van der Waals surface area contributed by atoms with Gasteiger partial charge in [0.1, 0.15) is 11.5 Å². The van der Waals surface area contributed by atoms with Gasteiger partial charge in [0.2, 0.25) is 0 Å². The molecule has 0 aliphatic heterocycles. The van der Waals surface area contributed by atoms with Crippen LogP contribution in [0.5, 0.6) is 17.2 Å². The number of hydrogen-bond acceptors (Lipinski definition) is 4. The predicted octanol–water partition coefficient (Wildman–Crippen LogP) is 2.58. The third kappa shape index (κ3) is 6.87. The van der Waals surface area contributed by atoms with Crippen LogP contribution in [0.2, 0.25) is 0 Å². The van der Waals surface area contributed by atoms with Gasteiger partial charge in [-0.3, -0.25) is 9.59 Å². The van der Waals surface area contributed by atoms with Crippen molar-refractivity contribution in [2.45, 2.75) is 0 Å². The summed E-state index contributed by atoms with van der Waals surface area (Å²) in [5, 5.41) is 5.68. The van der Waals surface area contributed by atoms with E-state index < -0.39 is 0 Å². The highest BCUT2D eigenvalue weighted by Crippen LogP contribution is 2.28. The minimum atomic E-state index is -0.212. The Morgan fingerprint density at radius 3 is 2.19 bits per heavy atom. The first-order valence-electron chi connectivity index (χ1n) is 9.90. The molecular formula is C24H26N3O4+. The first-order chi connectivity index (χ1) is 15.0. The molecule has 3 N–H and O–H groups in total. The summed E-state index contributed by atoms with van der Waals surface area (Å²) in [5.74, 6) is 1.49. The Balaban J connectivity index is 1.53. The standard InChI is InChI=1S/C24H25N3O4/c1-27(16-23(28)25-18-9-8-12-20(15-18)30-2)17-24(29)26-21-13-6-7-14-22(21)31-19-10-4-3-5-11-19/h3-15H,16-17H2,1-2H3,(H,25,28)(H,26,29)/p+1. The van der Waals surface area contributed by atoms with Crippen LogP contribution in [0.4, 0.5) is 11.4 Å². The van der Waals surface area contributed by atoms with Crippen molar-refractivity contribution in [3.63, 3.8) is 0 Å². The average Bonchev–Trinajstić information content (AvgIpc) is 2.75. The van der Waals surface area contributed by atoms with E-state index in [2.05, 4.69) is 10.6 Å². The number of nitrogens with one attached hydrogen (secondary N) is 3. The molecule has 0 heterocycles. The lowest BCUT2D eigenvalue weighted by Gasteiger charge is -2.15. The molecule has 0 saturated heterocycles. The fourth-order valence-electron chi connectivity index (χ4n) is 2.99. The molecule has 0 radical (unpaired) electrons. The van der Waals surface area contributed by atoms with E-state index in [1.807, 2.05) is 42.5 Å². The Bertz CT molecular complexity index is 1020. The molecule has 0 aliphatic rings. The summed E-state index contributed by atoms with van der Waals surface area (Å²) in [7, 11) is 3.36. The molecule has 0 aliphatic carbocycles. The third-order valence-corrected chi connectivity index (χ3v) is 4.41. The number of rotatable bonds is 9. The molecule has 0 spiro atoms. The molecule has 7 heteroatoms. The largest absolute Gasteiger partial charge is 0.497 e. The van der Waals surface area contributed by atoms with E-state index in [1.54, 1.807) is 50.6 Å². The maximum Gasteiger partial charge on any atom is 0.279 e. The zero-order valence-electron chi connectivity index (χ0n) is 17.6. The maximum atomic E-state index is 12.5. The Hall–Kier alpha value is -3.84. The minimum Gasteiger partial charge on any atom is -0.497 e. The topological polar surface area (TPSA) is 81.1 Å². The van der Waals surface area contributed by atoms with Gasteiger partial charge >= 0.3 is 0 Å². The molecule has 7 nitrogen and oxygen atoms in total. The molecule has 31 heavy (non-hydrogen) atoms. The number of likely N-dealkylation sites (N-methyl/N-ethyl adjacent to an activating group) is 1. The first kappa shape index (κ1) is 21.9. The normalized spacial score (nSPS) is 11.3. The van der Waals surface area contributed by atoms with Gasteiger partial charge in [-0.05, 0) is 36.4 Å². The van der Waals surface area contributed by atoms with E-state index in [4.69, 9.17) is 9.47 Å². The van der Waals surface area contributed by atoms with Gasteiger partial charge in [0.15, 0.2) is 18.8 Å². The summed E-state index contributed by atoms with van der Waals surface area (Å²) in [5.41, 5.74) is 1.22. The number of carbonyl (C=O) groups excluding carboxylic acids is 2. The Labute approximate surface area is 181 Å². The quantitative estimate of drug-likeness (QED) is 0.497. The molecule has 2 amide bonds. The highest BCUT2D eigenvalue weighted by molar-refractivity contribution is 5.94. The van der Waals surface area contributed by atoms with Crippen molar-refractivity contribution >= 4 is 23.2 Å². The lowest BCUT2D eigenvalue weighted by Crippen LogP contribution is -3.11. The van der Waals surface area contributed by atoms with Crippen LogP contribution >= 0.6 is 0 Å². The van der Waals surface area contributed by atoms with E-state index in [9.17, 15) is 9.59 Å². The molecule has 3 rings (SSSR count). The molecule has 1 unspecified atom stereocenters. The van der Waals surface area contributed by atoms with Gasteiger partial charge < -0.3 is 25.0 Å². The SMILES string of the molecule is COc1cccc(NC(=O)C[NH+](C)CC(=O)Nc2ccccc2Oc2ccccc2)c1. The van der Waals surface area contributed by atoms with Crippen LogP contribution in [0.15, 0.2) is 78.9 Å². The number of carbonyl (C=O) groups is 2. The van der Waals surface area contributed by atoms with Crippen molar-refractivity contribution in [3.8, 4) is 17.2 Å².